The molecule has 0 atom stereocenters. The number of carbonyl (C=O) groups is 1. The van der Waals surface area contributed by atoms with Crippen LogP contribution >= 0.6 is 0 Å². The Kier molecular flexibility index (Phi) is 6.64. The number of allylic oxidation sites excluding steroid dienone is 1. The van der Waals surface area contributed by atoms with Crippen molar-refractivity contribution < 1.29 is 41.0 Å². The lowest BCUT2D eigenvalue weighted by atomic mass is 9.85. The summed E-state index contributed by atoms with van der Waals surface area (Å²) in [5.41, 5.74) is -5.33. The number of rotatable bonds is 4. The Morgan fingerprint density at radius 3 is 2.03 bits per heavy atom. The zero-order valence-corrected chi connectivity index (χ0v) is 17.0. The quantitative estimate of drug-likeness (QED) is 0.234. The summed E-state index contributed by atoms with van der Waals surface area (Å²) in [4.78, 5) is 12.4. The molecule has 32 heavy (non-hydrogen) atoms. The van der Waals surface area contributed by atoms with Crippen molar-refractivity contribution in [3.63, 3.8) is 0 Å². The first-order valence-electron chi connectivity index (χ1n) is 9.00. The maximum absolute atomic E-state index is 13.6. The Balaban J connectivity index is 2.58. The topological polar surface area (TPSA) is 70.3 Å². The molecular formula is C22H17F6NO3. The van der Waals surface area contributed by atoms with Crippen molar-refractivity contribution in [1.82, 2.24) is 0 Å². The van der Waals surface area contributed by atoms with Crippen molar-refractivity contribution in [3.05, 3.63) is 64.7 Å². The van der Waals surface area contributed by atoms with Gasteiger partial charge in [0.05, 0.1) is 11.1 Å². The molecule has 2 rings (SSSR count). The van der Waals surface area contributed by atoms with Crippen LogP contribution in [0, 0.1) is 16.7 Å². The number of hydrogen-bond donors (Lipinski definition) is 1. The number of nitriles is 1. The number of alkyl halides is 6. The van der Waals surface area contributed by atoms with Crippen molar-refractivity contribution in [2.45, 2.75) is 33.1 Å². The molecule has 2 aromatic carbocycles. The Bertz CT molecular complexity index is 1100. The summed E-state index contributed by atoms with van der Waals surface area (Å²) in [6, 6.07) is 7.19. The fourth-order valence-corrected chi connectivity index (χ4v) is 2.62. The zero-order chi connectivity index (χ0) is 24.5. The van der Waals surface area contributed by atoms with Gasteiger partial charge in [0.25, 0.3) is 0 Å². The molecule has 0 spiro atoms. The van der Waals surface area contributed by atoms with E-state index < -0.39 is 57.3 Å². The van der Waals surface area contributed by atoms with Gasteiger partial charge in [-0.15, -0.1) is 0 Å². The van der Waals surface area contributed by atoms with E-state index in [0.717, 1.165) is 30.3 Å². The second kappa shape index (κ2) is 8.57. The first-order chi connectivity index (χ1) is 14.6. The molecule has 0 aromatic heterocycles. The molecule has 0 bridgehead atoms. The second-order valence-corrected chi connectivity index (χ2v) is 7.75. The number of aliphatic hydroxyl groups is 1. The number of aliphatic hydroxyl groups excluding tert-OH is 1. The third-order valence-electron chi connectivity index (χ3n) is 4.21. The number of ketones is 1. The van der Waals surface area contributed by atoms with Gasteiger partial charge in [0.15, 0.2) is 5.78 Å². The van der Waals surface area contributed by atoms with E-state index in [0.29, 0.717) is 12.1 Å². The molecule has 0 unspecified atom stereocenters. The third kappa shape index (κ3) is 5.60. The van der Waals surface area contributed by atoms with Gasteiger partial charge in [0, 0.05) is 11.0 Å². The summed E-state index contributed by atoms with van der Waals surface area (Å²) in [7, 11) is 0. The molecule has 1 N–H and O–H groups in total. The van der Waals surface area contributed by atoms with Crippen LogP contribution in [-0.2, 0) is 17.1 Å². The summed E-state index contributed by atoms with van der Waals surface area (Å²) >= 11 is 0. The minimum absolute atomic E-state index is 0.360. The lowest BCUT2D eigenvalue weighted by molar-refractivity contribution is -0.138. The number of carbonyl (C=O) groups excluding carboxylic acids is 1. The maximum Gasteiger partial charge on any atom is 0.417 e. The average Bonchev–Trinajstić information content (AvgIpc) is 2.66. The Morgan fingerprint density at radius 2 is 1.53 bits per heavy atom. The van der Waals surface area contributed by atoms with E-state index in [9.17, 15) is 41.5 Å². The van der Waals surface area contributed by atoms with Gasteiger partial charge in [-0.25, -0.2) is 0 Å². The fourth-order valence-electron chi connectivity index (χ4n) is 2.62. The largest absolute Gasteiger partial charge is 0.506 e. The van der Waals surface area contributed by atoms with E-state index >= 15 is 0 Å². The van der Waals surface area contributed by atoms with Gasteiger partial charge < -0.3 is 9.84 Å². The van der Waals surface area contributed by atoms with E-state index in [1.165, 1.54) is 26.8 Å². The minimum atomic E-state index is -5.04. The number of halogens is 6. The summed E-state index contributed by atoms with van der Waals surface area (Å²) in [5, 5.41) is 19.6. The molecule has 10 heteroatoms. The fraction of sp³-hybridized carbons (Fsp3) is 0.273. The molecule has 0 amide bonds. The molecule has 0 fully saturated rings. The van der Waals surface area contributed by atoms with E-state index in [1.807, 2.05) is 0 Å². The number of Topliss-reactive ketones (excluding diaryl/α,β-unsaturated/α-hetero) is 1. The molecule has 0 aliphatic heterocycles. The molecule has 0 radical (unpaired) electrons. The number of hydrogen-bond acceptors (Lipinski definition) is 4. The van der Waals surface area contributed by atoms with Crippen LogP contribution < -0.4 is 4.74 Å². The highest BCUT2D eigenvalue weighted by Gasteiger charge is 2.37. The van der Waals surface area contributed by atoms with E-state index in [4.69, 9.17) is 4.74 Å². The summed E-state index contributed by atoms with van der Waals surface area (Å²) < 4.78 is 84.6. The van der Waals surface area contributed by atoms with Gasteiger partial charge >= 0.3 is 12.4 Å². The normalized spacial score (nSPS) is 13.2. The minimum Gasteiger partial charge on any atom is -0.506 e. The van der Waals surface area contributed by atoms with E-state index in [2.05, 4.69) is 0 Å². The van der Waals surface area contributed by atoms with Crippen LogP contribution in [0.4, 0.5) is 26.3 Å². The molecule has 0 aliphatic carbocycles. The second-order valence-electron chi connectivity index (χ2n) is 7.75. The van der Waals surface area contributed by atoms with Crippen LogP contribution in [0.3, 0.4) is 0 Å². The Hall–Kier alpha value is -3.48. The monoisotopic (exact) mass is 457 g/mol. The Morgan fingerprint density at radius 1 is 0.938 bits per heavy atom. The standard InChI is InChI=1S/C22H17F6NO3/c1-20(2,3)19(31)16(11-29)18(30)15-8-7-14(10-17(15)22(26,27)28)32-13-6-4-5-12(9-13)21(23,24)25/h4-10,30H,1-3H3/b18-16-. The van der Waals surface area contributed by atoms with E-state index in [1.54, 1.807) is 0 Å². The predicted molar refractivity (Wildman–Crippen MR) is 103 cm³/mol. The summed E-state index contributed by atoms with van der Waals surface area (Å²) in [5.74, 6) is -2.85. The average molecular weight is 457 g/mol. The molecule has 4 nitrogen and oxygen atoms in total. The zero-order valence-electron chi connectivity index (χ0n) is 17.0. The van der Waals surface area contributed by atoms with Crippen molar-refractivity contribution in [2.24, 2.45) is 5.41 Å². The van der Waals surface area contributed by atoms with Gasteiger partial charge in [-0.2, -0.15) is 31.6 Å². The van der Waals surface area contributed by atoms with Crippen LogP contribution in [0.5, 0.6) is 11.5 Å². The van der Waals surface area contributed by atoms with Crippen molar-refractivity contribution in [2.75, 3.05) is 0 Å². The molecule has 0 saturated heterocycles. The van der Waals surface area contributed by atoms with Crippen LogP contribution in [-0.4, -0.2) is 10.9 Å². The molecular weight excluding hydrogens is 440 g/mol. The summed E-state index contributed by atoms with van der Waals surface area (Å²) in [6.07, 6.45) is -9.72. The van der Waals surface area contributed by atoms with Crippen LogP contribution in [0.15, 0.2) is 48.0 Å². The van der Waals surface area contributed by atoms with Gasteiger partial charge in [-0.3, -0.25) is 4.79 Å². The van der Waals surface area contributed by atoms with Crippen LogP contribution in [0.1, 0.15) is 37.5 Å². The molecule has 2 aromatic rings. The smallest absolute Gasteiger partial charge is 0.417 e. The van der Waals surface area contributed by atoms with Crippen LogP contribution in [0.25, 0.3) is 5.76 Å². The number of nitrogens with zero attached hydrogens (tertiary/aromatic N) is 1. The van der Waals surface area contributed by atoms with Gasteiger partial charge in [0.2, 0.25) is 0 Å². The number of ether oxygens (including phenoxy) is 1. The molecule has 0 aliphatic rings. The Labute approximate surface area is 179 Å². The highest BCUT2D eigenvalue weighted by atomic mass is 19.4. The SMILES string of the molecule is CC(C)(C)C(=O)/C(C#N)=C(\O)c1ccc(Oc2cccc(C(F)(F)F)c2)cc1C(F)(F)F. The van der Waals surface area contributed by atoms with Gasteiger partial charge in [-0.1, -0.05) is 26.8 Å². The lowest BCUT2D eigenvalue weighted by Gasteiger charge is -2.18. The van der Waals surface area contributed by atoms with Crippen molar-refractivity contribution in [1.29, 1.82) is 5.26 Å². The van der Waals surface area contributed by atoms with Crippen molar-refractivity contribution in [3.8, 4) is 17.6 Å². The third-order valence-corrected chi connectivity index (χ3v) is 4.21. The number of benzene rings is 2. The molecule has 0 saturated carbocycles. The van der Waals surface area contributed by atoms with Gasteiger partial charge in [-0.05, 0) is 36.4 Å². The molecule has 170 valence electrons. The highest BCUT2D eigenvalue weighted by molar-refractivity contribution is 6.07. The maximum atomic E-state index is 13.6. The highest BCUT2D eigenvalue weighted by Crippen LogP contribution is 2.39. The van der Waals surface area contributed by atoms with Crippen LogP contribution in [0.2, 0.25) is 0 Å². The van der Waals surface area contributed by atoms with E-state index in [-0.39, 0.29) is 5.75 Å². The lowest BCUT2D eigenvalue weighted by Crippen LogP contribution is -2.23. The summed E-state index contributed by atoms with van der Waals surface area (Å²) in [6.45, 7) is 4.28. The molecule has 0 heterocycles. The van der Waals surface area contributed by atoms with Gasteiger partial charge in [0.1, 0.15) is 28.9 Å². The van der Waals surface area contributed by atoms with Crippen molar-refractivity contribution >= 4 is 11.5 Å². The first kappa shape index (κ1) is 24.8. The first-order valence-corrected chi connectivity index (χ1v) is 9.00. The predicted octanol–water partition coefficient (Wildman–Crippen LogP) is 6.92.